The Labute approximate surface area is 113 Å². The van der Waals surface area contributed by atoms with E-state index in [1.165, 1.54) is 13.0 Å². The number of nitrogens with one attached hydrogen (secondary N) is 1. The number of benzene rings is 1. The van der Waals surface area contributed by atoms with Gasteiger partial charge in [-0.15, -0.1) is 0 Å². The second kappa shape index (κ2) is 6.48. The molecule has 0 heterocycles. The lowest BCUT2D eigenvalue weighted by Crippen LogP contribution is -2.20. The maximum absolute atomic E-state index is 12.5. The minimum Gasteiger partial charge on any atom is -0.355 e. The monoisotopic (exact) mass is 289 g/mol. The van der Waals surface area contributed by atoms with Crippen LogP contribution in [-0.4, -0.2) is 12.5 Å². The van der Waals surface area contributed by atoms with E-state index in [1.807, 2.05) is 0 Å². The molecule has 0 fully saturated rings. The van der Waals surface area contributed by atoms with Crippen LogP contribution in [0.2, 0.25) is 5.02 Å². The molecule has 0 unspecified atom stereocenters. The lowest BCUT2D eigenvalue weighted by molar-refractivity contribution is -0.137. The summed E-state index contributed by atoms with van der Waals surface area (Å²) in [4.78, 5) is 10.6. The van der Waals surface area contributed by atoms with Crippen molar-refractivity contribution in [2.24, 2.45) is 0 Å². The van der Waals surface area contributed by atoms with Crippen LogP contribution >= 0.6 is 11.6 Å². The highest BCUT2D eigenvalue weighted by molar-refractivity contribution is 6.30. The second-order valence-electron chi connectivity index (χ2n) is 3.76. The third kappa shape index (κ3) is 5.66. The molecule has 1 aromatic rings. The molecule has 1 amide bonds. The summed E-state index contributed by atoms with van der Waals surface area (Å²) < 4.78 is 37.6. The lowest BCUT2D eigenvalue weighted by Gasteiger charge is -2.07. The van der Waals surface area contributed by atoms with Gasteiger partial charge in [0.2, 0.25) is 5.91 Å². The van der Waals surface area contributed by atoms with Gasteiger partial charge in [-0.25, -0.2) is 0 Å². The molecule has 1 aromatic carbocycles. The molecule has 0 spiro atoms. The van der Waals surface area contributed by atoms with Gasteiger partial charge in [0.15, 0.2) is 0 Å². The van der Waals surface area contributed by atoms with Gasteiger partial charge in [0.05, 0.1) is 5.56 Å². The average molecular weight is 290 g/mol. The van der Waals surface area contributed by atoms with E-state index in [0.29, 0.717) is 13.0 Å². The van der Waals surface area contributed by atoms with Gasteiger partial charge >= 0.3 is 6.18 Å². The maximum Gasteiger partial charge on any atom is 0.416 e. The van der Waals surface area contributed by atoms with Crippen LogP contribution in [0.3, 0.4) is 0 Å². The average Bonchev–Trinajstić information content (AvgIpc) is 2.26. The molecule has 0 saturated heterocycles. The van der Waals surface area contributed by atoms with Crippen molar-refractivity contribution in [3.05, 3.63) is 34.3 Å². The molecule has 102 valence electrons. The van der Waals surface area contributed by atoms with Crippen molar-refractivity contribution >= 4 is 17.5 Å². The van der Waals surface area contributed by atoms with E-state index in [1.54, 1.807) is 0 Å². The van der Waals surface area contributed by atoms with Crippen LogP contribution in [0.25, 0.3) is 0 Å². The number of hydrogen-bond donors (Lipinski definition) is 1. The standard InChI is InChI=1S/C13H11ClF3NO/c1-9(19)18-5-3-2-4-10-6-11(13(15,16)17)8-12(14)7-10/h6-8H,3,5H2,1H3,(H,18,19). The highest BCUT2D eigenvalue weighted by Crippen LogP contribution is 2.31. The SMILES string of the molecule is CC(=O)NCCC#Cc1cc(Cl)cc(C(F)(F)F)c1. The van der Waals surface area contributed by atoms with Crippen molar-refractivity contribution in [2.75, 3.05) is 6.54 Å². The number of amides is 1. The van der Waals surface area contributed by atoms with Crippen LogP contribution in [0.1, 0.15) is 24.5 Å². The third-order valence-corrected chi connectivity index (χ3v) is 2.30. The molecule has 0 aliphatic rings. The summed E-state index contributed by atoms with van der Waals surface area (Å²) in [6.45, 7) is 1.73. The number of alkyl halides is 3. The normalized spacial score (nSPS) is 10.6. The summed E-state index contributed by atoms with van der Waals surface area (Å²) in [5.74, 6) is 5.08. The molecule has 6 heteroatoms. The van der Waals surface area contributed by atoms with Gasteiger partial charge in [0.25, 0.3) is 0 Å². The Hall–Kier alpha value is -1.67. The first-order chi connectivity index (χ1) is 8.79. The molecule has 0 aromatic heterocycles. The second-order valence-corrected chi connectivity index (χ2v) is 4.20. The molecule has 0 saturated carbocycles. The Morgan fingerprint density at radius 1 is 1.37 bits per heavy atom. The Bertz CT molecular complexity index is 529. The van der Waals surface area contributed by atoms with Gasteiger partial charge in [-0.05, 0) is 18.2 Å². The van der Waals surface area contributed by atoms with E-state index in [2.05, 4.69) is 17.2 Å². The fourth-order valence-corrected chi connectivity index (χ4v) is 1.53. The minimum atomic E-state index is -4.45. The Balaban J connectivity index is 2.77. The van der Waals surface area contributed by atoms with Crippen molar-refractivity contribution in [1.29, 1.82) is 0 Å². The van der Waals surface area contributed by atoms with E-state index in [9.17, 15) is 18.0 Å². The van der Waals surface area contributed by atoms with Crippen molar-refractivity contribution in [3.63, 3.8) is 0 Å². The largest absolute Gasteiger partial charge is 0.416 e. The number of hydrogen-bond acceptors (Lipinski definition) is 1. The molecule has 1 N–H and O–H groups in total. The summed E-state index contributed by atoms with van der Waals surface area (Å²) in [6, 6.07) is 3.16. The predicted molar refractivity (Wildman–Crippen MR) is 66.6 cm³/mol. The molecule has 0 aliphatic heterocycles. The summed E-state index contributed by atoms with van der Waals surface area (Å²) in [6.07, 6.45) is -4.09. The Morgan fingerprint density at radius 3 is 2.63 bits per heavy atom. The summed E-state index contributed by atoms with van der Waals surface area (Å²) in [7, 11) is 0. The molecule has 0 bridgehead atoms. The zero-order valence-corrected chi connectivity index (χ0v) is 10.8. The fraction of sp³-hybridized carbons (Fsp3) is 0.308. The van der Waals surface area contributed by atoms with Gasteiger partial charge in [-0.1, -0.05) is 23.4 Å². The third-order valence-electron chi connectivity index (χ3n) is 2.08. The van der Waals surface area contributed by atoms with Gasteiger partial charge in [-0.3, -0.25) is 4.79 Å². The van der Waals surface area contributed by atoms with E-state index in [0.717, 1.165) is 12.1 Å². The van der Waals surface area contributed by atoms with E-state index in [4.69, 9.17) is 11.6 Å². The number of halogens is 4. The van der Waals surface area contributed by atoms with Gasteiger partial charge in [-0.2, -0.15) is 13.2 Å². The molecule has 0 radical (unpaired) electrons. The molecule has 1 rings (SSSR count). The molecule has 2 nitrogen and oxygen atoms in total. The molecule has 0 aliphatic carbocycles. The summed E-state index contributed by atoms with van der Waals surface area (Å²) >= 11 is 5.61. The van der Waals surface area contributed by atoms with E-state index >= 15 is 0 Å². The lowest BCUT2D eigenvalue weighted by atomic mass is 10.1. The maximum atomic E-state index is 12.5. The molecule has 19 heavy (non-hydrogen) atoms. The first kappa shape index (κ1) is 15.4. The van der Waals surface area contributed by atoms with E-state index < -0.39 is 11.7 Å². The number of rotatable bonds is 2. The van der Waals surface area contributed by atoms with Crippen molar-refractivity contribution in [1.82, 2.24) is 5.32 Å². The molecule has 0 atom stereocenters. The molecular weight excluding hydrogens is 279 g/mol. The van der Waals surface area contributed by atoms with Crippen molar-refractivity contribution in [3.8, 4) is 11.8 Å². The highest BCUT2D eigenvalue weighted by Gasteiger charge is 2.30. The van der Waals surface area contributed by atoms with Crippen molar-refractivity contribution in [2.45, 2.75) is 19.5 Å². The quantitative estimate of drug-likeness (QED) is 0.657. The van der Waals surface area contributed by atoms with Gasteiger partial charge in [0.1, 0.15) is 0 Å². The number of carbonyl (C=O) groups excluding carboxylic acids is 1. The van der Waals surface area contributed by atoms with Crippen LogP contribution in [0.5, 0.6) is 0 Å². The van der Waals surface area contributed by atoms with Crippen LogP contribution in [0.4, 0.5) is 13.2 Å². The van der Waals surface area contributed by atoms with Crippen LogP contribution in [-0.2, 0) is 11.0 Å². The first-order valence-electron chi connectivity index (χ1n) is 5.40. The zero-order chi connectivity index (χ0) is 14.5. The topological polar surface area (TPSA) is 29.1 Å². The van der Waals surface area contributed by atoms with Crippen LogP contribution in [0, 0.1) is 11.8 Å². The van der Waals surface area contributed by atoms with Crippen LogP contribution < -0.4 is 5.32 Å². The number of carbonyl (C=O) groups is 1. The zero-order valence-electron chi connectivity index (χ0n) is 10.1. The van der Waals surface area contributed by atoms with Crippen molar-refractivity contribution < 1.29 is 18.0 Å². The predicted octanol–water partition coefficient (Wildman–Crippen LogP) is 3.24. The fourth-order valence-electron chi connectivity index (χ4n) is 1.29. The summed E-state index contributed by atoms with van der Waals surface area (Å²) in [5.41, 5.74) is -0.631. The Kier molecular flexibility index (Phi) is 5.25. The van der Waals surface area contributed by atoms with Crippen LogP contribution in [0.15, 0.2) is 18.2 Å². The summed E-state index contributed by atoms with van der Waals surface area (Å²) in [5, 5.41) is 2.52. The molecular formula is C13H11ClF3NO. The Morgan fingerprint density at radius 2 is 2.05 bits per heavy atom. The smallest absolute Gasteiger partial charge is 0.355 e. The first-order valence-corrected chi connectivity index (χ1v) is 5.78. The highest BCUT2D eigenvalue weighted by atomic mass is 35.5. The minimum absolute atomic E-state index is 0.0130. The van der Waals surface area contributed by atoms with Gasteiger partial charge in [0, 0.05) is 30.5 Å². The van der Waals surface area contributed by atoms with Gasteiger partial charge < -0.3 is 5.32 Å². The van der Waals surface area contributed by atoms with E-state index in [-0.39, 0.29) is 16.5 Å².